The van der Waals surface area contributed by atoms with Crippen molar-refractivity contribution in [2.75, 3.05) is 0 Å². The van der Waals surface area contributed by atoms with Crippen molar-refractivity contribution in [1.82, 2.24) is 25.3 Å². The van der Waals surface area contributed by atoms with E-state index < -0.39 is 0 Å². The highest BCUT2D eigenvalue weighted by atomic mass is 15.3. The fourth-order valence-corrected chi connectivity index (χ4v) is 2.07. The molecule has 0 bridgehead atoms. The van der Waals surface area contributed by atoms with E-state index in [1.54, 1.807) is 6.20 Å². The minimum atomic E-state index is 0.277. The molecular formula is C15H17N5. The quantitative estimate of drug-likeness (QED) is 0.746. The topological polar surface area (TPSA) is 58.5 Å². The number of benzene rings is 1. The molecule has 1 unspecified atom stereocenters. The molecule has 102 valence electrons. The molecule has 5 nitrogen and oxygen atoms in total. The van der Waals surface area contributed by atoms with Gasteiger partial charge in [0.1, 0.15) is 0 Å². The maximum absolute atomic E-state index is 4.21. The van der Waals surface area contributed by atoms with Gasteiger partial charge >= 0.3 is 0 Å². The average molecular weight is 267 g/mol. The Balaban J connectivity index is 1.61. The molecule has 0 radical (unpaired) electrons. The normalized spacial score (nSPS) is 12.4. The SMILES string of the molecule is CC(NCc1ccc(-n2cccn2)cc1)c1cn[nH]c1. The second kappa shape index (κ2) is 5.71. The summed E-state index contributed by atoms with van der Waals surface area (Å²) in [6, 6.07) is 10.6. The predicted octanol–water partition coefficient (Wildman–Crippen LogP) is 2.45. The summed E-state index contributed by atoms with van der Waals surface area (Å²) in [5.41, 5.74) is 3.48. The zero-order valence-electron chi connectivity index (χ0n) is 11.3. The van der Waals surface area contributed by atoms with E-state index in [9.17, 15) is 0 Å². The molecule has 3 aromatic rings. The van der Waals surface area contributed by atoms with Crippen LogP contribution in [0.2, 0.25) is 0 Å². The van der Waals surface area contributed by atoms with Crippen LogP contribution in [0.4, 0.5) is 0 Å². The van der Waals surface area contributed by atoms with Gasteiger partial charge in [-0.05, 0) is 30.7 Å². The Bertz CT molecular complexity index is 625. The second-order valence-corrected chi connectivity index (χ2v) is 4.75. The predicted molar refractivity (Wildman–Crippen MR) is 77.4 cm³/mol. The summed E-state index contributed by atoms with van der Waals surface area (Å²) >= 11 is 0. The van der Waals surface area contributed by atoms with Crippen molar-refractivity contribution < 1.29 is 0 Å². The fraction of sp³-hybridized carbons (Fsp3) is 0.200. The number of aromatic amines is 1. The molecule has 2 N–H and O–H groups in total. The molecule has 2 heterocycles. The van der Waals surface area contributed by atoms with Gasteiger partial charge in [0, 0.05) is 36.7 Å². The Morgan fingerprint density at radius 1 is 1.30 bits per heavy atom. The van der Waals surface area contributed by atoms with Crippen LogP contribution in [0.1, 0.15) is 24.1 Å². The van der Waals surface area contributed by atoms with Crippen molar-refractivity contribution in [3.8, 4) is 5.69 Å². The molecule has 1 aromatic carbocycles. The van der Waals surface area contributed by atoms with Crippen molar-refractivity contribution in [3.05, 3.63) is 66.2 Å². The first kappa shape index (κ1) is 12.6. The van der Waals surface area contributed by atoms with E-state index in [1.807, 2.05) is 29.3 Å². The van der Waals surface area contributed by atoms with Crippen LogP contribution in [-0.4, -0.2) is 20.0 Å². The van der Waals surface area contributed by atoms with Crippen LogP contribution in [0.3, 0.4) is 0 Å². The Morgan fingerprint density at radius 2 is 2.15 bits per heavy atom. The molecule has 0 amide bonds. The van der Waals surface area contributed by atoms with E-state index in [2.05, 4.69) is 51.8 Å². The molecular weight excluding hydrogens is 250 g/mol. The fourth-order valence-electron chi connectivity index (χ4n) is 2.07. The van der Waals surface area contributed by atoms with Gasteiger partial charge in [0.05, 0.1) is 11.9 Å². The van der Waals surface area contributed by atoms with Gasteiger partial charge in [0.15, 0.2) is 0 Å². The van der Waals surface area contributed by atoms with Crippen LogP contribution < -0.4 is 5.32 Å². The molecule has 0 spiro atoms. The van der Waals surface area contributed by atoms with Crippen LogP contribution in [0.5, 0.6) is 0 Å². The molecule has 20 heavy (non-hydrogen) atoms. The van der Waals surface area contributed by atoms with Crippen molar-refractivity contribution in [2.24, 2.45) is 0 Å². The Hall–Kier alpha value is -2.40. The summed E-state index contributed by atoms with van der Waals surface area (Å²) < 4.78 is 1.85. The number of nitrogens with zero attached hydrogens (tertiary/aromatic N) is 3. The van der Waals surface area contributed by atoms with E-state index >= 15 is 0 Å². The first-order valence-corrected chi connectivity index (χ1v) is 6.64. The minimum absolute atomic E-state index is 0.277. The van der Waals surface area contributed by atoms with Crippen LogP contribution in [0.15, 0.2) is 55.1 Å². The van der Waals surface area contributed by atoms with Gasteiger partial charge in [-0.3, -0.25) is 5.10 Å². The zero-order chi connectivity index (χ0) is 13.8. The maximum atomic E-state index is 4.21. The molecule has 0 aliphatic heterocycles. The molecule has 2 aromatic heterocycles. The molecule has 0 aliphatic carbocycles. The third kappa shape index (κ3) is 2.78. The minimum Gasteiger partial charge on any atom is -0.306 e. The van der Waals surface area contributed by atoms with E-state index in [0.29, 0.717) is 0 Å². The Morgan fingerprint density at radius 3 is 2.80 bits per heavy atom. The Kier molecular flexibility index (Phi) is 3.60. The lowest BCUT2D eigenvalue weighted by molar-refractivity contribution is 0.575. The van der Waals surface area contributed by atoms with Crippen molar-refractivity contribution >= 4 is 0 Å². The van der Waals surface area contributed by atoms with Crippen molar-refractivity contribution in [3.63, 3.8) is 0 Å². The third-order valence-corrected chi connectivity index (χ3v) is 3.34. The van der Waals surface area contributed by atoms with Gasteiger partial charge in [-0.25, -0.2) is 4.68 Å². The highest BCUT2D eigenvalue weighted by Crippen LogP contribution is 2.12. The van der Waals surface area contributed by atoms with Gasteiger partial charge in [0.25, 0.3) is 0 Å². The lowest BCUT2D eigenvalue weighted by atomic mass is 10.1. The van der Waals surface area contributed by atoms with Gasteiger partial charge in [0.2, 0.25) is 0 Å². The van der Waals surface area contributed by atoms with Crippen LogP contribution in [0, 0.1) is 0 Å². The van der Waals surface area contributed by atoms with E-state index in [0.717, 1.165) is 17.8 Å². The van der Waals surface area contributed by atoms with Gasteiger partial charge in [-0.15, -0.1) is 0 Å². The number of nitrogens with one attached hydrogen (secondary N) is 2. The first-order valence-electron chi connectivity index (χ1n) is 6.64. The number of hydrogen-bond donors (Lipinski definition) is 2. The van der Waals surface area contributed by atoms with Crippen LogP contribution in [-0.2, 0) is 6.54 Å². The summed E-state index contributed by atoms with van der Waals surface area (Å²) in [4.78, 5) is 0. The van der Waals surface area contributed by atoms with Gasteiger partial charge in [-0.2, -0.15) is 10.2 Å². The molecule has 0 aliphatic rings. The van der Waals surface area contributed by atoms with E-state index in [1.165, 1.54) is 5.56 Å². The molecule has 0 saturated heterocycles. The summed E-state index contributed by atoms with van der Waals surface area (Å²) in [6.45, 7) is 2.95. The van der Waals surface area contributed by atoms with Crippen molar-refractivity contribution in [2.45, 2.75) is 19.5 Å². The summed E-state index contributed by atoms with van der Waals surface area (Å²) in [5.74, 6) is 0. The summed E-state index contributed by atoms with van der Waals surface area (Å²) in [5, 5.41) is 14.5. The lowest BCUT2D eigenvalue weighted by Crippen LogP contribution is -2.17. The van der Waals surface area contributed by atoms with Gasteiger partial charge in [-0.1, -0.05) is 12.1 Å². The number of rotatable bonds is 5. The zero-order valence-corrected chi connectivity index (χ0v) is 11.3. The third-order valence-electron chi connectivity index (χ3n) is 3.34. The number of H-pyrrole nitrogens is 1. The molecule has 3 rings (SSSR count). The number of hydrogen-bond acceptors (Lipinski definition) is 3. The van der Waals surface area contributed by atoms with E-state index in [4.69, 9.17) is 0 Å². The lowest BCUT2D eigenvalue weighted by Gasteiger charge is -2.12. The second-order valence-electron chi connectivity index (χ2n) is 4.75. The molecule has 5 heteroatoms. The van der Waals surface area contributed by atoms with Crippen molar-refractivity contribution in [1.29, 1.82) is 0 Å². The summed E-state index contributed by atoms with van der Waals surface area (Å²) in [7, 11) is 0. The molecule has 0 saturated carbocycles. The standard InChI is InChI=1S/C15H17N5/c1-12(14-10-17-18-11-14)16-9-13-3-5-15(6-4-13)20-8-2-7-19-20/h2-8,10-12,16H,9H2,1H3,(H,17,18). The first-order chi connectivity index (χ1) is 9.83. The highest BCUT2D eigenvalue weighted by Gasteiger charge is 2.05. The number of aromatic nitrogens is 4. The smallest absolute Gasteiger partial charge is 0.0645 e. The van der Waals surface area contributed by atoms with Crippen LogP contribution in [0.25, 0.3) is 5.69 Å². The van der Waals surface area contributed by atoms with Crippen LogP contribution >= 0.6 is 0 Å². The molecule has 0 fully saturated rings. The van der Waals surface area contributed by atoms with E-state index in [-0.39, 0.29) is 6.04 Å². The monoisotopic (exact) mass is 267 g/mol. The highest BCUT2D eigenvalue weighted by molar-refractivity contribution is 5.33. The summed E-state index contributed by atoms with van der Waals surface area (Å²) in [6.07, 6.45) is 7.48. The Labute approximate surface area is 117 Å². The average Bonchev–Trinajstić information content (AvgIpc) is 3.18. The van der Waals surface area contributed by atoms with Gasteiger partial charge < -0.3 is 5.32 Å². The largest absolute Gasteiger partial charge is 0.306 e. The maximum Gasteiger partial charge on any atom is 0.0645 e. The molecule has 1 atom stereocenters.